The van der Waals surface area contributed by atoms with Crippen LogP contribution in [0.2, 0.25) is 0 Å². The van der Waals surface area contributed by atoms with Gasteiger partial charge in [-0.25, -0.2) is 0 Å². The zero-order chi connectivity index (χ0) is 10.8. The number of rotatable bonds is 4. The first kappa shape index (κ1) is 11.0. The molecule has 0 aliphatic heterocycles. The molecule has 0 amide bonds. The number of carbonyl (C=O) groups excluding carboxylic acids is 2. The molecule has 1 rings (SSSR count). The van der Waals surface area contributed by atoms with Crippen LogP contribution in [-0.4, -0.2) is 25.2 Å². The smallest absolute Gasteiger partial charge is 0.312 e. The maximum absolute atomic E-state index is 11.4. The van der Waals surface area contributed by atoms with E-state index in [1.165, 1.54) is 0 Å². The van der Waals surface area contributed by atoms with E-state index in [9.17, 15) is 9.59 Å². The van der Waals surface area contributed by atoms with E-state index < -0.39 is 5.41 Å². The highest BCUT2D eigenvalue weighted by atomic mass is 16.5. The predicted molar refractivity (Wildman–Crippen MR) is 49.5 cm³/mol. The number of hydrogen-bond donors (Lipinski definition) is 0. The molecule has 2 atom stereocenters. The van der Waals surface area contributed by atoms with Gasteiger partial charge in [0.05, 0.1) is 24.5 Å². The standard InChI is InChI=1S/C10H16O4/c1-4-13-8(11)7-6-10(7,3)9(12)14-5-2/h7H,4-6H2,1-3H3/t7-,10-/m1/s1. The summed E-state index contributed by atoms with van der Waals surface area (Å²) < 4.78 is 9.72. The highest BCUT2D eigenvalue weighted by Gasteiger charge is 2.62. The molecular formula is C10H16O4. The van der Waals surface area contributed by atoms with Crippen molar-refractivity contribution < 1.29 is 19.1 Å². The molecular weight excluding hydrogens is 184 g/mol. The van der Waals surface area contributed by atoms with Crippen molar-refractivity contribution in [2.45, 2.75) is 27.2 Å². The molecule has 0 bridgehead atoms. The molecule has 0 aromatic heterocycles. The first-order valence-electron chi connectivity index (χ1n) is 4.90. The fourth-order valence-corrected chi connectivity index (χ4v) is 1.47. The summed E-state index contributed by atoms with van der Waals surface area (Å²) in [6.07, 6.45) is 0.546. The van der Waals surface area contributed by atoms with E-state index in [-0.39, 0.29) is 17.9 Å². The summed E-state index contributed by atoms with van der Waals surface area (Å²) in [5.74, 6) is -0.886. The molecule has 0 saturated heterocycles. The largest absolute Gasteiger partial charge is 0.466 e. The summed E-state index contributed by atoms with van der Waals surface area (Å²) >= 11 is 0. The van der Waals surface area contributed by atoms with Gasteiger partial charge in [-0.15, -0.1) is 0 Å². The third-order valence-electron chi connectivity index (χ3n) is 2.55. The molecule has 4 heteroatoms. The van der Waals surface area contributed by atoms with E-state index in [2.05, 4.69) is 0 Å². The van der Waals surface area contributed by atoms with Crippen molar-refractivity contribution >= 4 is 11.9 Å². The van der Waals surface area contributed by atoms with Crippen LogP contribution in [0.4, 0.5) is 0 Å². The van der Waals surface area contributed by atoms with Crippen molar-refractivity contribution in [2.24, 2.45) is 11.3 Å². The Balaban J connectivity index is 2.49. The van der Waals surface area contributed by atoms with E-state index in [0.717, 1.165) is 0 Å². The van der Waals surface area contributed by atoms with Gasteiger partial charge < -0.3 is 9.47 Å². The fourth-order valence-electron chi connectivity index (χ4n) is 1.47. The molecule has 0 spiro atoms. The topological polar surface area (TPSA) is 52.6 Å². The van der Waals surface area contributed by atoms with E-state index in [1.807, 2.05) is 0 Å². The minimum Gasteiger partial charge on any atom is -0.466 e. The lowest BCUT2D eigenvalue weighted by atomic mass is 10.1. The lowest BCUT2D eigenvalue weighted by Gasteiger charge is -2.09. The molecule has 4 nitrogen and oxygen atoms in total. The van der Waals surface area contributed by atoms with Crippen LogP contribution in [0.25, 0.3) is 0 Å². The molecule has 0 aromatic carbocycles. The van der Waals surface area contributed by atoms with Crippen LogP contribution >= 0.6 is 0 Å². The van der Waals surface area contributed by atoms with Crippen LogP contribution in [0, 0.1) is 11.3 Å². The van der Waals surface area contributed by atoms with Crippen molar-refractivity contribution in [1.29, 1.82) is 0 Å². The molecule has 80 valence electrons. The average Bonchev–Trinajstić information content (AvgIpc) is 2.81. The Morgan fingerprint density at radius 1 is 1.29 bits per heavy atom. The average molecular weight is 200 g/mol. The Morgan fingerprint density at radius 3 is 2.36 bits per heavy atom. The molecule has 0 radical (unpaired) electrons. The number of carbonyl (C=O) groups is 2. The van der Waals surface area contributed by atoms with Crippen molar-refractivity contribution in [3.63, 3.8) is 0 Å². The maximum Gasteiger partial charge on any atom is 0.312 e. The first-order chi connectivity index (χ1) is 6.56. The highest BCUT2D eigenvalue weighted by molar-refractivity contribution is 5.90. The number of hydrogen-bond acceptors (Lipinski definition) is 4. The zero-order valence-electron chi connectivity index (χ0n) is 8.83. The Hall–Kier alpha value is -1.06. The summed E-state index contributed by atoms with van der Waals surface area (Å²) in [6.45, 7) is 5.95. The maximum atomic E-state index is 11.4. The molecule has 0 aromatic rings. The second-order valence-electron chi connectivity index (χ2n) is 3.65. The Labute approximate surface area is 83.6 Å². The normalized spacial score (nSPS) is 29.5. The summed E-state index contributed by atoms with van der Waals surface area (Å²) in [6, 6.07) is 0. The first-order valence-corrected chi connectivity index (χ1v) is 4.90. The Morgan fingerprint density at radius 2 is 1.86 bits per heavy atom. The third kappa shape index (κ3) is 1.89. The second-order valence-corrected chi connectivity index (χ2v) is 3.65. The van der Waals surface area contributed by atoms with Crippen molar-refractivity contribution in [3.05, 3.63) is 0 Å². The number of ether oxygens (including phenoxy) is 2. The molecule has 0 heterocycles. The van der Waals surface area contributed by atoms with Gasteiger partial charge in [-0.1, -0.05) is 0 Å². The van der Waals surface area contributed by atoms with Crippen LogP contribution < -0.4 is 0 Å². The van der Waals surface area contributed by atoms with Crippen LogP contribution in [0.1, 0.15) is 27.2 Å². The summed E-state index contributed by atoms with van der Waals surface area (Å²) in [5, 5.41) is 0. The van der Waals surface area contributed by atoms with Crippen LogP contribution in [0.3, 0.4) is 0 Å². The number of esters is 2. The molecule has 1 aliphatic carbocycles. The Bertz CT molecular complexity index is 249. The molecule has 0 N–H and O–H groups in total. The minimum atomic E-state index is -0.637. The Kier molecular flexibility index (Phi) is 3.13. The molecule has 1 aliphatic rings. The molecule has 1 saturated carbocycles. The quantitative estimate of drug-likeness (QED) is 0.638. The third-order valence-corrected chi connectivity index (χ3v) is 2.55. The highest BCUT2D eigenvalue weighted by Crippen LogP contribution is 2.53. The van der Waals surface area contributed by atoms with Crippen molar-refractivity contribution in [3.8, 4) is 0 Å². The van der Waals surface area contributed by atoms with E-state index in [0.29, 0.717) is 19.6 Å². The zero-order valence-corrected chi connectivity index (χ0v) is 8.83. The minimum absolute atomic E-state index is 0.289. The van der Waals surface area contributed by atoms with Crippen LogP contribution in [-0.2, 0) is 19.1 Å². The molecule has 0 unspecified atom stereocenters. The van der Waals surface area contributed by atoms with E-state index >= 15 is 0 Å². The fraction of sp³-hybridized carbons (Fsp3) is 0.800. The van der Waals surface area contributed by atoms with Gasteiger partial charge in [0.25, 0.3) is 0 Å². The summed E-state index contributed by atoms with van der Waals surface area (Å²) in [4.78, 5) is 22.7. The van der Waals surface area contributed by atoms with Crippen LogP contribution in [0.5, 0.6) is 0 Å². The SMILES string of the molecule is CCOC(=O)[C@H]1C[C@@]1(C)C(=O)OCC. The molecule has 14 heavy (non-hydrogen) atoms. The van der Waals surface area contributed by atoms with E-state index in [1.54, 1.807) is 20.8 Å². The van der Waals surface area contributed by atoms with E-state index in [4.69, 9.17) is 9.47 Å². The van der Waals surface area contributed by atoms with Gasteiger partial charge in [-0.2, -0.15) is 0 Å². The lowest BCUT2D eigenvalue weighted by molar-refractivity contribution is -0.154. The van der Waals surface area contributed by atoms with Gasteiger partial charge in [0.15, 0.2) is 0 Å². The summed E-state index contributed by atoms with van der Waals surface area (Å²) in [7, 11) is 0. The van der Waals surface area contributed by atoms with Gasteiger partial charge in [-0.3, -0.25) is 9.59 Å². The van der Waals surface area contributed by atoms with Gasteiger partial charge in [0, 0.05) is 0 Å². The van der Waals surface area contributed by atoms with Gasteiger partial charge >= 0.3 is 11.9 Å². The summed E-state index contributed by atoms with van der Waals surface area (Å²) in [5.41, 5.74) is -0.637. The molecule has 1 fully saturated rings. The van der Waals surface area contributed by atoms with Gasteiger partial charge in [0.2, 0.25) is 0 Å². The van der Waals surface area contributed by atoms with Crippen molar-refractivity contribution in [1.82, 2.24) is 0 Å². The predicted octanol–water partition coefficient (Wildman–Crippen LogP) is 1.14. The van der Waals surface area contributed by atoms with Gasteiger partial charge in [-0.05, 0) is 27.2 Å². The monoisotopic (exact) mass is 200 g/mol. The van der Waals surface area contributed by atoms with Gasteiger partial charge in [0.1, 0.15) is 0 Å². The van der Waals surface area contributed by atoms with Crippen molar-refractivity contribution in [2.75, 3.05) is 13.2 Å². The second kappa shape index (κ2) is 3.98. The lowest BCUT2D eigenvalue weighted by Crippen LogP contribution is -2.21. The van der Waals surface area contributed by atoms with Crippen LogP contribution in [0.15, 0.2) is 0 Å².